The van der Waals surface area contributed by atoms with Crippen LogP contribution in [-0.2, 0) is 19.6 Å². The van der Waals surface area contributed by atoms with Gasteiger partial charge in [-0.1, -0.05) is 52.4 Å². The van der Waals surface area contributed by atoms with E-state index in [1.54, 1.807) is 0 Å². The van der Waals surface area contributed by atoms with Crippen molar-refractivity contribution in [2.24, 2.45) is 5.41 Å². The zero-order valence-corrected chi connectivity index (χ0v) is 20.6. The van der Waals surface area contributed by atoms with Gasteiger partial charge in [0.2, 0.25) is 0 Å². The first-order valence-electron chi connectivity index (χ1n) is 11.5. The van der Waals surface area contributed by atoms with E-state index in [0.29, 0.717) is 30.7 Å². The maximum absolute atomic E-state index is 11.0. The molecule has 1 N–H and O–H groups in total. The first kappa shape index (κ1) is 28.8. The lowest BCUT2D eigenvalue weighted by molar-refractivity contribution is -0.897. The molecule has 0 aromatic rings. The van der Waals surface area contributed by atoms with Gasteiger partial charge in [-0.25, -0.2) is 0 Å². The van der Waals surface area contributed by atoms with Crippen LogP contribution in [0.25, 0.3) is 0 Å². The fourth-order valence-electron chi connectivity index (χ4n) is 3.82. The summed E-state index contributed by atoms with van der Waals surface area (Å²) in [6, 6.07) is 0. The van der Waals surface area contributed by atoms with Gasteiger partial charge in [0.1, 0.15) is 0 Å². The molecule has 0 aliphatic rings. The topological polar surface area (TPSA) is 72.8 Å². The van der Waals surface area contributed by atoms with Crippen LogP contribution in [0.2, 0.25) is 0 Å². The Bertz CT molecular complexity index is 477. The molecule has 0 spiro atoms. The number of hydrogen-bond acceptors (Lipinski definition) is 4. The molecule has 0 aromatic carbocycles. The van der Waals surface area contributed by atoms with Crippen molar-refractivity contribution in [3.63, 3.8) is 0 Å². The average Bonchev–Trinajstić information content (AvgIpc) is 2.59. The first-order valence-corrected chi connectivity index (χ1v) is 13.1. The van der Waals surface area contributed by atoms with Gasteiger partial charge < -0.3 is 14.0 Å². The predicted octanol–water partition coefficient (Wildman–Crippen LogP) is 4.54. The van der Waals surface area contributed by atoms with Crippen molar-refractivity contribution in [1.82, 2.24) is 0 Å². The Labute approximate surface area is 180 Å². The quantitative estimate of drug-likeness (QED) is 0.172. The van der Waals surface area contributed by atoms with Crippen molar-refractivity contribution in [1.29, 1.82) is 0 Å². The summed E-state index contributed by atoms with van der Waals surface area (Å²) in [7, 11) is 0.304. The number of rotatable bonds is 20. The number of ether oxygens (including phenoxy) is 2. The number of quaternary nitrogens is 1. The fraction of sp³-hybridized carbons (Fsp3) is 1.00. The van der Waals surface area contributed by atoms with Gasteiger partial charge in [0, 0.05) is 19.6 Å². The van der Waals surface area contributed by atoms with E-state index in [0.717, 1.165) is 32.6 Å². The lowest BCUT2D eigenvalue weighted by Crippen LogP contribution is -2.51. The summed E-state index contributed by atoms with van der Waals surface area (Å²) in [5.74, 6) is -0.187. The lowest BCUT2D eigenvalue weighted by Gasteiger charge is -2.39. The van der Waals surface area contributed by atoms with Gasteiger partial charge in [-0.2, -0.15) is 8.42 Å². The molecule has 0 radical (unpaired) electrons. The molecule has 0 amide bonds. The molecule has 0 bridgehead atoms. The van der Waals surface area contributed by atoms with Crippen LogP contribution < -0.4 is 0 Å². The second kappa shape index (κ2) is 15.6. The van der Waals surface area contributed by atoms with Crippen molar-refractivity contribution in [3.8, 4) is 0 Å². The van der Waals surface area contributed by atoms with Gasteiger partial charge in [0.05, 0.1) is 51.6 Å². The Morgan fingerprint density at radius 1 is 0.828 bits per heavy atom. The monoisotopic (exact) mass is 438 g/mol. The molecule has 0 fully saturated rings. The molecule has 0 aliphatic carbocycles. The first-order chi connectivity index (χ1) is 13.5. The Morgan fingerprint density at radius 2 is 1.31 bits per heavy atom. The fourth-order valence-corrected chi connectivity index (χ4v) is 4.31. The van der Waals surface area contributed by atoms with Gasteiger partial charge >= 0.3 is 0 Å². The van der Waals surface area contributed by atoms with Crippen molar-refractivity contribution in [3.05, 3.63) is 0 Å². The highest BCUT2D eigenvalue weighted by Gasteiger charge is 2.34. The van der Waals surface area contributed by atoms with E-state index in [-0.39, 0.29) is 11.2 Å². The van der Waals surface area contributed by atoms with Crippen LogP contribution in [0.4, 0.5) is 0 Å². The molecule has 0 aromatic heterocycles. The molecule has 7 heteroatoms. The Kier molecular flexibility index (Phi) is 15.5. The summed E-state index contributed by atoms with van der Waals surface area (Å²) in [5.41, 5.74) is -0.128. The second-order valence-corrected chi connectivity index (χ2v) is 11.1. The largest absolute Gasteiger partial charge is 0.381 e. The third kappa shape index (κ3) is 18.3. The molecule has 0 rings (SSSR count). The SMILES string of the molecule is CCCCCCOCC(C)(COCCCCCC)C[N+](C)(C)CCCS(=O)(=O)O. The molecule has 6 nitrogen and oxygen atoms in total. The van der Waals surface area contributed by atoms with Crippen LogP contribution in [0.15, 0.2) is 0 Å². The summed E-state index contributed by atoms with van der Waals surface area (Å²) in [5, 5.41) is 0. The molecule has 0 aliphatic heterocycles. The van der Waals surface area contributed by atoms with E-state index in [9.17, 15) is 8.42 Å². The summed E-state index contributed by atoms with van der Waals surface area (Å²) in [6.45, 7) is 11.0. The smallest absolute Gasteiger partial charge is 0.265 e. The summed E-state index contributed by atoms with van der Waals surface area (Å²) >= 11 is 0. The number of unbranched alkanes of at least 4 members (excludes halogenated alkanes) is 6. The highest BCUT2D eigenvalue weighted by Crippen LogP contribution is 2.23. The maximum Gasteiger partial charge on any atom is 0.265 e. The molecule has 0 saturated carbocycles. The number of hydrogen-bond donors (Lipinski definition) is 1. The minimum atomic E-state index is -3.90. The van der Waals surface area contributed by atoms with Gasteiger partial charge in [-0.3, -0.25) is 4.55 Å². The highest BCUT2D eigenvalue weighted by molar-refractivity contribution is 7.85. The Balaban J connectivity index is 4.60. The van der Waals surface area contributed by atoms with Crippen LogP contribution in [-0.4, -0.2) is 76.8 Å². The summed E-state index contributed by atoms with van der Waals surface area (Å²) in [4.78, 5) is 0. The maximum atomic E-state index is 11.0. The van der Waals surface area contributed by atoms with Crippen molar-refractivity contribution < 1.29 is 26.9 Å². The molecule has 0 saturated heterocycles. The minimum absolute atomic E-state index is 0.128. The van der Waals surface area contributed by atoms with Gasteiger partial charge in [0.25, 0.3) is 10.1 Å². The van der Waals surface area contributed by atoms with Crippen LogP contribution >= 0.6 is 0 Å². The van der Waals surface area contributed by atoms with Crippen LogP contribution in [0, 0.1) is 5.41 Å². The highest BCUT2D eigenvalue weighted by atomic mass is 32.2. The van der Waals surface area contributed by atoms with E-state index in [1.165, 1.54) is 38.5 Å². The average molecular weight is 439 g/mol. The van der Waals surface area contributed by atoms with Crippen molar-refractivity contribution >= 4 is 10.1 Å². The Morgan fingerprint density at radius 3 is 1.72 bits per heavy atom. The minimum Gasteiger partial charge on any atom is -0.381 e. The molecule has 29 heavy (non-hydrogen) atoms. The third-order valence-electron chi connectivity index (χ3n) is 5.16. The molecule has 0 unspecified atom stereocenters. The van der Waals surface area contributed by atoms with E-state index in [4.69, 9.17) is 14.0 Å². The standard InChI is InChI=1S/C22H47NO5S/c1-6-8-10-12-16-27-20-22(3,21-28-17-13-11-9-7-2)19-23(4,5)15-14-18-29(24,25)26/h6-21H2,1-5H3/p+1. The van der Waals surface area contributed by atoms with Crippen molar-refractivity contribution in [2.45, 2.75) is 78.6 Å². The molecule has 176 valence electrons. The van der Waals surface area contributed by atoms with Gasteiger partial charge in [0.15, 0.2) is 0 Å². The second-order valence-electron chi connectivity index (χ2n) is 9.49. The van der Waals surface area contributed by atoms with E-state index >= 15 is 0 Å². The van der Waals surface area contributed by atoms with E-state index in [2.05, 4.69) is 34.9 Å². The molecular formula is C22H48NO5S+. The van der Waals surface area contributed by atoms with Crippen molar-refractivity contribution in [2.75, 3.05) is 59.4 Å². The Hall–Kier alpha value is -0.210. The normalized spacial score (nSPS) is 13.2. The molecular weight excluding hydrogens is 390 g/mol. The van der Waals surface area contributed by atoms with Crippen LogP contribution in [0.5, 0.6) is 0 Å². The molecule has 0 atom stereocenters. The number of nitrogens with zero attached hydrogens (tertiary/aromatic N) is 1. The van der Waals surface area contributed by atoms with Crippen LogP contribution in [0.1, 0.15) is 78.6 Å². The zero-order chi connectivity index (χ0) is 22.2. The van der Waals surface area contributed by atoms with Crippen LogP contribution in [0.3, 0.4) is 0 Å². The predicted molar refractivity (Wildman–Crippen MR) is 121 cm³/mol. The molecule has 0 heterocycles. The summed E-state index contributed by atoms with van der Waals surface area (Å²) in [6.07, 6.45) is 9.98. The lowest BCUT2D eigenvalue weighted by atomic mass is 9.91. The zero-order valence-electron chi connectivity index (χ0n) is 19.7. The van der Waals surface area contributed by atoms with Gasteiger partial charge in [-0.05, 0) is 19.8 Å². The van der Waals surface area contributed by atoms with Gasteiger partial charge in [-0.15, -0.1) is 0 Å². The van der Waals surface area contributed by atoms with E-state index in [1.807, 2.05) is 0 Å². The third-order valence-corrected chi connectivity index (χ3v) is 5.97. The summed E-state index contributed by atoms with van der Waals surface area (Å²) < 4.78 is 43.7. The van der Waals surface area contributed by atoms with E-state index < -0.39 is 10.1 Å².